The van der Waals surface area contributed by atoms with E-state index in [-0.39, 0.29) is 0 Å². The Hall–Kier alpha value is -3.07. The minimum absolute atomic E-state index is 0.361. The Labute approximate surface area is 195 Å². The third-order valence-corrected chi connectivity index (χ3v) is 6.51. The monoisotopic (exact) mass is 473 g/mol. The quantitative estimate of drug-likeness (QED) is 0.399. The minimum Gasteiger partial charge on any atom is -0.462 e. The number of carbonyl (C=O) groups excluding carboxylic acids is 2. The van der Waals surface area contributed by atoms with E-state index in [9.17, 15) is 18.0 Å². The lowest BCUT2D eigenvalue weighted by atomic mass is 10.1. The van der Waals surface area contributed by atoms with Gasteiger partial charge < -0.3 is 15.0 Å². The summed E-state index contributed by atoms with van der Waals surface area (Å²) in [5.41, 5.74) is 2.24. The van der Waals surface area contributed by atoms with E-state index in [1.807, 2.05) is 19.1 Å². The number of benzene rings is 2. The van der Waals surface area contributed by atoms with E-state index in [1.54, 1.807) is 12.1 Å². The van der Waals surface area contributed by atoms with Crippen LogP contribution >= 0.6 is 0 Å². The van der Waals surface area contributed by atoms with Crippen molar-refractivity contribution >= 4 is 39.0 Å². The van der Waals surface area contributed by atoms with Gasteiger partial charge in [0.15, 0.2) is 0 Å². The van der Waals surface area contributed by atoms with Crippen molar-refractivity contribution in [3.8, 4) is 0 Å². The van der Waals surface area contributed by atoms with Gasteiger partial charge in [-0.15, -0.1) is 0 Å². The number of ether oxygens (including phenoxy) is 1. The van der Waals surface area contributed by atoms with Crippen molar-refractivity contribution in [2.75, 3.05) is 40.4 Å². The standard InChI is InChI=1S/C24H31N3O5S/c1-2-3-17-32-24(29)19-7-9-20(10-8-19)25-23(28)18-33(30,31)26-21-11-13-22(14-12-21)27-15-5-4-6-16-27/h7-14,26H,2-6,15-18H2,1H3,(H,25,28). The molecular formula is C24H31N3O5S. The zero-order valence-electron chi connectivity index (χ0n) is 18.9. The molecule has 33 heavy (non-hydrogen) atoms. The van der Waals surface area contributed by atoms with Crippen molar-refractivity contribution in [2.24, 2.45) is 0 Å². The van der Waals surface area contributed by atoms with Crippen LogP contribution in [0.3, 0.4) is 0 Å². The Morgan fingerprint density at radius 2 is 1.58 bits per heavy atom. The summed E-state index contributed by atoms with van der Waals surface area (Å²) in [4.78, 5) is 26.5. The average molecular weight is 474 g/mol. The number of carbonyl (C=O) groups is 2. The Morgan fingerprint density at radius 3 is 2.21 bits per heavy atom. The Morgan fingerprint density at radius 1 is 0.939 bits per heavy atom. The number of hydrogen-bond donors (Lipinski definition) is 2. The van der Waals surface area contributed by atoms with Gasteiger partial charge in [0.1, 0.15) is 5.75 Å². The van der Waals surface area contributed by atoms with E-state index in [4.69, 9.17) is 4.74 Å². The molecule has 2 N–H and O–H groups in total. The van der Waals surface area contributed by atoms with Gasteiger partial charge in [-0.2, -0.15) is 0 Å². The fourth-order valence-electron chi connectivity index (χ4n) is 3.56. The molecule has 178 valence electrons. The fraction of sp³-hybridized carbons (Fsp3) is 0.417. The molecule has 1 heterocycles. The van der Waals surface area contributed by atoms with Crippen molar-refractivity contribution in [2.45, 2.75) is 39.0 Å². The maximum Gasteiger partial charge on any atom is 0.338 e. The van der Waals surface area contributed by atoms with E-state index >= 15 is 0 Å². The van der Waals surface area contributed by atoms with Crippen molar-refractivity contribution in [1.82, 2.24) is 0 Å². The largest absolute Gasteiger partial charge is 0.462 e. The van der Waals surface area contributed by atoms with Crippen LogP contribution in [0.5, 0.6) is 0 Å². The van der Waals surface area contributed by atoms with Gasteiger partial charge in [-0.3, -0.25) is 9.52 Å². The number of amides is 1. The molecule has 1 fully saturated rings. The lowest BCUT2D eigenvalue weighted by Crippen LogP contribution is -2.29. The van der Waals surface area contributed by atoms with E-state index in [0.29, 0.717) is 23.5 Å². The van der Waals surface area contributed by atoms with Crippen molar-refractivity contribution in [1.29, 1.82) is 0 Å². The summed E-state index contributed by atoms with van der Waals surface area (Å²) >= 11 is 0. The molecule has 0 saturated carbocycles. The summed E-state index contributed by atoms with van der Waals surface area (Å²) in [5, 5.41) is 2.54. The molecule has 0 bridgehead atoms. The van der Waals surface area contributed by atoms with Crippen molar-refractivity contribution in [3.05, 3.63) is 54.1 Å². The highest BCUT2D eigenvalue weighted by molar-refractivity contribution is 7.93. The zero-order valence-corrected chi connectivity index (χ0v) is 19.7. The molecule has 0 spiro atoms. The molecule has 1 aliphatic heterocycles. The molecule has 1 aliphatic rings. The summed E-state index contributed by atoms with van der Waals surface area (Å²) in [7, 11) is -3.88. The first-order chi connectivity index (χ1) is 15.9. The number of hydrogen-bond acceptors (Lipinski definition) is 6. The molecule has 0 radical (unpaired) electrons. The number of rotatable bonds is 10. The highest BCUT2D eigenvalue weighted by Crippen LogP contribution is 2.22. The summed E-state index contributed by atoms with van der Waals surface area (Å²) in [5.74, 6) is -1.83. The van der Waals surface area contributed by atoms with Gasteiger partial charge >= 0.3 is 5.97 Å². The number of unbranched alkanes of at least 4 members (excludes halogenated alkanes) is 1. The lowest BCUT2D eigenvalue weighted by Gasteiger charge is -2.28. The highest BCUT2D eigenvalue weighted by Gasteiger charge is 2.18. The third-order valence-electron chi connectivity index (χ3n) is 5.32. The van der Waals surface area contributed by atoms with Gasteiger partial charge in [0, 0.05) is 30.2 Å². The molecule has 2 aromatic rings. The van der Waals surface area contributed by atoms with Crippen LogP contribution in [0.15, 0.2) is 48.5 Å². The Balaban J connectivity index is 1.50. The molecular weight excluding hydrogens is 442 g/mol. The SMILES string of the molecule is CCCCOC(=O)c1ccc(NC(=O)CS(=O)(=O)Nc2ccc(N3CCCCC3)cc2)cc1. The predicted octanol–water partition coefficient (Wildman–Crippen LogP) is 4.01. The summed E-state index contributed by atoms with van der Waals surface area (Å²) in [6.07, 6.45) is 5.29. The first-order valence-electron chi connectivity index (χ1n) is 11.3. The Bertz CT molecular complexity index is 1030. The molecule has 3 rings (SSSR count). The van der Waals surface area contributed by atoms with Crippen LogP contribution in [0, 0.1) is 0 Å². The molecule has 1 amide bonds. The number of anilines is 3. The minimum atomic E-state index is -3.88. The van der Waals surface area contributed by atoms with Crippen molar-refractivity contribution < 1.29 is 22.7 Å². The fourth-order valence-corrected chi connectivity index (χ4v) is 4.54. The van der Waals surface area contributed by atoms with Crippen LogP contribution < -0.4 is 14.9 Å². The van der Waals surface area contributed by atoms with Gasteiger partial charge in [0.25, 0.3) is 0 Å². The molecule has 1 saturated heterocycles. The predicted molar refractivity (Wildman–Crippen MR) is 130 cm³/mol. The smallest absolute Gasteiger partial charge is 0.338 e. The van der Waals surface area contributed by atoms with Crippen LogP contribution in [0.4, 0.5) is 17.1 Å². The Kier molecular flexibility index (Phi) is 8.71. The second-order valence-corrected chi connectivity index (χ2v) is 9.79. The normalized spacial score (nSPS) is 13.9. The van der Waals surface area contributed by atoms with Crippen LogP contribution in [0.2, 0.25) is 0 Å². The summed E-state index contributed by atoms with van der Waals surface area (Å²) < 4.78 is 32.4. The van der Waals surface area contributed by atoms with E-state index in [1.165, 1.54) is 30.7 Å². The first-order valence-corrected chi connectivity index (χ1v) is 12.9. The number of nitrogens with zero attached hydrogens (tertiary/aromatic N) is 1. The number of nitrogens with one attached hydrogen (secondary N) is 2. The molecule has 0 aromatic heterocycles. The maximum absolute atomic E-state index is 12.4. The third kappa shape index (κ3) is 7.78. The number of esters is 1. The summed E-state index contributed by atoms with van der Waals surface area (Å²) in [6.45, 7) is 4.38. The highest BCUT2D eigenvalue weighted by atomic mass is 32.2. The molecule has 0 atom stereocenters. The lowest BCUT2D eigenvalue weighted by molar-refractivity contribution is -0.113. The second kappa shape index (κ2) is 11.7. The van der Waals surface area contributed by atoms with E-state index < -0.39 is 27.7 Å². The zero-order chi connectivity index (χ0) is 23.7. The van der Waals surface area contributed by atoms with Gasteiger partial charge in [-0.05, 0) is 74.2 Å². The molecule has 0 aliphatic carbocycles. The molecule has 8 nitrogen and oxygen atoms in total. The number of piperidine rings is 1. The maximum atomic E-state index is 12.4. The molecule has 9 heteroatoms. The van der Waals surface area contributed by atoms with Gasteiger partial charge in [0.05, 0.1) is 12.2 Å². The topological polar surface area (TPSA) is 105 Å². The summed E-state index contributed by atoms with van der Waals surface area (Å²) in [6, 6.07) is 13.3. The average Bonchev–Trinajstić information content (AvgIpc) is 2.80. The first kappa shape index (κ1) is 24.6. The molecule has 2 aromatic carbocycles. The van der Waals surface area contributed by atoms with Crippen molar-refractivity contribution in [3.63, 3.8) is 0 Å². The van der Waals surface area contributed by atoms with Gasteiger partial charge in [-0.25, -0.2) is 13.2 Å². The van der Waals surface area contributed by atoms with Crippen LogP contribution in [-0.4, -0.2) is 45.7 Å². The van der Waals surface area contributed by atoms with Gasteiger partial charge in [-0.1, -0.05) is 13.3 Å². The van der Waals surface area contributed by atoms with Crippen LogP contribution in [-0.2, 0) is 19.6 Å². The van der Waals surface area contributed by atoms with E-state index in [0.717, 1.165) is 44.5 Å². The number of sulfonamides is 1. The van der Waals surface area contributed by atoms with Crippen LogP contribution in [0.1, 0.15) is 49.4 Å². The molecule has 0 unspecified atom stereocenters. The second-order valence-electron chi connectivity index (χ2n) is 8.07. The van der Waals surface area contributed by atoms with Gasteiger partial charge in [0.2, 0.25) is 15.9 Å². The van der Waals surface area contributed by atoms with Crippen LogP contribution in [0.25, 0.3) is 0 Å². The van der Waals surface area contributed by atoms with E-state index in [2.05, 4.69) is 14.9 Å².